The van der Waals surface area contributed by atoms with Crippen LogP contribution in [0.15, 0.2) is 48.5 Å². The predicted molar refractivity (Wildman–Crippen MR) is 111 cm³/mol. The highest BCUT2D eigenvalue weighted by atomic mass is 35.5. The van der Waals surface area contributed by atoms with E-state index in [1.54, 1.807) is 36.4 Å². The summed E-state index contributed by atoms with van der Waals surface area (Å²) >= 11 is 5.83. The standard InChI is InChI=1S/C21H21ClN2O6/c1-29-21(28)14-8-10-16(11-9-14)23-18(25)6-3-7-20(27)30-13-19(26)24-17-5-2-4-15(22)12-17/h2,4-5,8-12H,3,6-7,13H2,1H3,(H,23,25)(H,24,26). The lowest BCUT2D eigenvalue weighted by molar-refractivity contribution is -0.147. The van der Waals surface area contributed by atoms with Gasteiger partial charge in [-0.1, -0.05) is 17.7 Å². The minimum atomic E-state index is -0.577. The van der Waals surface area contributed by atoms with Crippen molar-refractivity contribution in [3.05, 3.63) is 59.1 Å². The normalized spacial score (nSPS) is 10.1. The molecule has 2 aromatic carbocycles. The fourth-order valence-corrected chi connectivity index (χ4v) is 2.60. The Morgan fingerprint density at radius 1 is 0.900 bits per heavy atom. The Morgan fingerprint density at radius 2 is 1.60 bits per heavy atom. The van der Waals surface area contributed by atoms with E-state index < -0.39 is 24.5 Å². The van der Waals surface area contributed by atoms with Gasteiger partial charge in [-0.3, -0.25) is 14.4 Å². The minimum absolute atomic E-state index is 0.000850. The molecule has 0 radical (unpaired) electrons. The van der Waals surface area contributed by atoms with Crippen molar-refractivity contribution in [2.45, 2.75) is 19.3 Å². The van der Waals surface area contributed by atoms with Gasteiger partial charge < -0.3 is 20.1 Å². The Hall–Kier alpha value is -3.39. The molecular formula is C21H21ClN2O6. The Kier molecular flexibility index (Phi) is 8.83. The number of carbonyl (C=O) groups excluding carboxylic acids is 4. The van der Waals surface area contributed by atoms with Crippen LogP contribution in [0.4, 0.5) is 11.4 Å². The SMILES string of the molecule is COC(=O)c1ccc(NC(=O)CCCC(=O)OCC(=O)Nc2cccc(Cl)c2)cc1. The first kappa shape index (κ1) is 22.9. The molecule has 0 heterocycles. The summed E-state index contributed by atoms with van der Waals surface area (Å²) in [5, 5.41) is 5.70. The maximum atomic E-state index is 11.9. The van der Waals surface area contributed by atoms with Crippen LogP contribution in [-0.2, 0) is 23.9 Å². The smallest absolute Gasteiger partial charge is 0.337 e. The molecule has 0 aliphatic carbocycles. The van der Waals surface area contributed by atoms with Crippen LogP contribution in [-0.4, -0.2) is 37.5 Å². The van der Waals surface area contributed by atoms with Crippen LogP contribution >= 0.6 is 11.6 Å². The lowest BCUT2D eigenvalue weighted by Gasteiger charge is -2.08. The third kappa shape index (κ3) is 7.92. The molecule has 0 aromatic heterocycles. The molecule has 30 heavy (non-hydrogen) atoms. The van der Waals surface area contributed by atoms with Crippen molar-refractivity contribution in [3.8, 4) is 0 Å². The summed E-state index contributed by atoms with van der Waals surface area (Å²) in [6.07, 6.45) is 0.364. The van der Waals surface area contributed by atoms with Crippen LogP contribution in [0, 0.1) is 0 Å². The second-order valence-corrected chi connectivity index (χ2v) is 6.63. The van der Waals surface area contributed by atoms with Crippen LogP contribution in [0.25, 0.3) is 0 Å². The molecule has 2 rings (SSSR count). The number of nitrogens with one attached hydrogen (secondary N) is 2. The van der Waals surface area contributed by atoms with Gasteiger partial charge in [0.2, 0.25) is 5.91 Å². The van der Waals surface area contributed by atoms with Gasteiger partial charge in [0.1, 0.15) is 0 Å². The number of halogens is 1. The fourth-order valence-electron chi connectivity index (χ4n) is 2.41. The largest absolute Gasteiger partial charge is 0.465 e. The quantitative estimate of drug-likeness (QED) is 0.587. The lowest BCUT2D eigenvalue weighted by Crippen LogP contribution is -2.21. The average Bonchev–Trinajstić information content (AvgIpc) is 2.72. The number of amides is 2. The number of methoxy groups -OCH3 is 1. The number of benzene rings is 2. The first-order valence-electron chi connectivity index (χ1n) is 9.06. The summed E-state index contributed by atoms with van der Waals surface area (Å²) in [6, 6.07) is 12.8. The zero-order chi connectivity index (χ0) is 21.9. The third-order valence-electron chi connectivity index (χ3n) is 3.85. The van der Waals surface area contributed by atoms with Crippen molar-refractivity contribution < 1.29 is 28.7 Å². The molecule has 2 amide bonds. The van der Waals surface area contributed by atoms with Gasteiger partial charge in [0, 0.05) is 29.2 Å². The number of esters is 2. The van der Waals surface area contributed by atoms with Gasteiger partial charge in [0.25, 0.3) is 5.91 Å². The van der Waals surface area contributed by atoms with Crippen LogP contribution in [0.3, 0.4) is 0 Å². The van der Waals surface area contributed by atoms with E-state index in [-0.39, 0.29) is 25.2 Å². The molecule has 8 nitrogen and oxygen atoms in total. The number of hydrogen-bond acceptors (Lipinski definition) is 6. The van der Waals surface area contributed by atoms with Crippen LogP contribution < -0.4 is 10.6 Å². The topological polar surface area (TPSA) is 111 Å². The van der Waals surface area contributed by atoms with Crippen molar-refractivity contribution in [1.29, 1.82) is 0 Å². The Bertz CT molecular complexity index is 914. The summed E-state index contributed by atoms with van der Waals surface area (Å²) in [4.78, 5) is 46.8. The van der Waals surface area contributed by atoms with Gasteiger partial charge in [-0.2, -0.15) is 0 Å². The molecule has 2 N–H and O–H groups in total. The monoisotopic (exact) mass is 432 g/mol. The molecule has 0 fully saturated rings. The highest BCUT2D eigenvalue weighted by Crippen LogP contribution is 2.15. The fraction of sp³-hybridized carbons (Fsp3) is 0.238. The first-order valence-corrected chi connectivity index (χ1v) is 9.44. The van der Waals surface area contributed by atoms with Gasteiger partial charge >= 0.3 is 11.9 Å². The Balaban J connectivity index is 1.64. The third-order valence-corrected chi connectivity index (χ3v) is 4.08. The second-order valence-electron chi connectivity index (χ2n) is 6.19. The zero-order valence-corrected chi connectivity index (χ0v) is 17.0. The van der Waals surface area contributed by atoms with E-state index in [1.807, 2.05) is 0 Å². The number of anilines is 2. The van der Waals surface area contributed by atoms with E-state index in [0.717, 1.165) is 0 Å². The van der Waals surface area contributed by atoms with E-state index >= 15 is 0 Å². The average molecular weight is 433 g/mol. The second kappa shape index (κ2) is 11.6. The van der Waals surface area contributed by atoms with Crippen molar-refractivity contribution in [2.75, 3.05) is 24.4 Å². The molecule has 2 aromatic rings. The van der Waals surface area contributed by atoms with Gasteiger partial charge in [0.05, 0.1) is 12.7 Å². The molecule has 0 saturated carbocycles. The molecule has 0 aliphatic rings. The summed E-state index contributed by atoms with van der Waals surface area (Å²) in [6.45, 7) is -0.427. The molecular weight excluding hydrogens is 412 g/mol. The predicted octanol–water partition coefficient (Wildman–Crippen LogP) is 3.42. The van der Waals surface area contributed by atoms with E-state index in [9.17, 15) is 19.2 Å². The van der Waals surface area contributed by atoms with Crippen molar-refractivity contribution >= 4 is 46.7 Å². The Labute approximate surface area is 178 Å². The highest BCUT2D eigenvalue weighted by Gasteiger charge is 2.10. The van der Waals surface area contributed by atoms with Gasteiger partial charge in [-0.25, -0.2) is 4.79 Å². The summed E-state index contributed by atoms with van der Waals surface area (Å²) < 4.78 is 9.49. The number of hydrogen-bond donors (Lipinski definition) is 2. The van der Waals surface area contributed by atoms with Crippen molar-refractivity contribution in [1.82, 2.24) is 0 Å². The van der Waals surface area contributed by atoms with Gasteiger partial charge in [0.15, 0.2) is 6.61 Å². The van der Waals surface area contributed by atoms with E-state index in [4.69, 9.17) is 16.3 Å². The zero-order valence-electron chi connectivity index (χ0n) is 16.3. The van der Waals surface area contributed by atoms with Gasteiger partial charge in [-0.05, 0) is 48.9 Å². The van der Waals surface area contributed by atoms with Crippen molar-refractivity contribution in [3.63, 3.8) is 0 Å². The maximum absolute atomic E-state index is 11.9. The molecule has 0 spiro atoms. The van der Waals surface area contributed by atoms with E-state index in [2.05, 4.69) is 15.4 Å². The molecule has 0 unspecified atom stereocenters. The minimum Gasteiger partial charge on any atom is -0.465 e. The van der Waals surface area contributed by atoms with Crippen molar-refractivity contribution in [2.24, 2.45) is 0 Å². The van der Waals surface area contributed by atoms with Crippen LogP contribution in [0.5, 0.6) is 0 Å². The summed E-state index contributed by atoms with van der Waals surface area (Å²) in [5.74, 6) is -1.81. The molecule has 0 atom stereocenters. The molecule has 9 heteroatoms. The Morgan fingerprint density at radius 3 is 2.27 bits per heavy atom. The molecule has 158 valence electrons. The number of ether oxygens (including phenoxy) is 2. The number of rotatable bonds is 9. The summed E-state index contributed by atoms with van der Waals surface area (Å²) in [5.41, 5.74) is 1.39. The van der Waals surface area contributed by atoms with Crippen LogP contribution in [0.2, 0.25) is 5.02 Å². The highest BCUT2D eigenvalue weighted by molar-refractivity contribution is 6.30. The molecule has 0 bridgehead atoms. The summed E-state index contributed by atoms with van der Waals surface area (Å²) in [7, 11) is 1.29. The van der Waals surface area contributed by atoms with Gasteiger partial charge in [-0.15, -0.1) is 0 Å². The van der Waals surface area contributed by atoms with E-state index in [1.165, 1.54) is 19.2 Å². The molecule has 0 aliphatic heterocycles. The molecule has 0 saturated heterocycles. The lowest BCUT2D eigenvalue weighted by atomic mass is 10.2. The first-order chi connectivity index (χ1) is 14.4. The maximum Gasteiger partial charge on any atom is 0.337 e. The van der Waals surface area contributed by atoms with Crippen LogP contribution in [0.1, 0.15) is 29.6 Å². The number of carbonyl (C=O) groups is 4. The van der Waals surface area contributed by atoms with E-state index in [0.29, 0.717) is 22.0 Å².